The number of non-ortho nitro benzene ring substituents is 1. The van der Waals surface area contributed by atoms with E-state index in [4.69, 9.17) is 4.74 Å². The van der Waals surface area contributed by atoms with Crippen molar-refractivity contribution < 1.29 is 33.9 Å². The fraction of sp³-hybridized carbons (Fsp3) is 0.333. The molecule has 28 heavy (non-hydrogen) atoms. The number of hydrogen-bond acceptors (Lipinski definition) is 8. The second-order valence-electron chi connectivity index (χ2n) is 6.44. The Morgan fingerprint density at radius 1 is 0.929 bits per heavy atom. The van der Waals surface area contributed by atoms with E-state index in [1.165, 1.54) is 6.07 Å². The molecule has 0 spiro atoms. The summed E-state index contributed by atoms with van der Waals surface area (Å²) in [6.07, 6.45) is -3.11. The molecule has 4 N–H and O–H groups in total. The van der Waals surface area contributed by atoms with Gasteiger partial charge in [0.1, 0.15) is 11.7 Å². The Balaban J connectivity index is 1.87. The van der Waals surface area contributed by atoms with Crippen LogP contribution in [0.5, 0.6) is 5.75 Å². The molecule has 5 atom stereocenters. The first-order chi connectivity index (χ1) is 13.3. The SMILES string of the molecule is O=C1NC(=O)C(C2c3cc([N+](=O)[O-])ccc3OC3NC(=O)NC(=O)C32)C([O-])N1. The van der Waals surface area contributed by atoms with E-state index in [1.54, 1.807) is 0 Å². The molecule has 3 aliphatic heterocycles. The number of nitrogens with one attached hydrogen (secondary N) is 4. The highest BCUT2D eigenvalue weighted by molar-refractivity contribution is 6.01. The van der Waals surface area contributed by atoms with Crippen LogP contribution in [-0.2, 0) is 9.59 Å². The average molecular weight is 390 g/mol. The summed E-state index contributed by atoms with van der Waals surface area (Å²) in [7, 11) is 0. The third kappa shape index (κ3) is 2.68. The number of nitrogens with zero attached hydrogens (tertiary/aromatic N) is 1. The molecule has 4 rings (SSSR count). The van der Waals surface area contributed by atoms with Crippen LogP contribution in [0.4, 0.5) is 15.3 Å². The topological polar surface area (TPSA) is 192 Å². The van der Waals surface area contributed by atoms with Gasteiger partial charge in [0.2, 0.25) is 11.8 Å². The van der Waals surface area contributed by atoms with E-state index in [2.05, 4.69) is 5.32 Å². The number of carbonyl (C=O) groups is 4. The fourth-order valence-electron chi connectivity index (χ4n) is 3.75. The highest BCUT2D eigenvalue weighted by Gasteiger charge is 2.53. The van der Waals surface area contributed by atoms with Gasteiger partial charge in [-0.05, 0) is 12.3 Å². The summed E-state index contributed by atoms with van der Waals surface area (Å²) in [6, 6.07) is 1.71. The van der Waals surface area contributed by atoms with Crippen LogP contribution in [0.3, 0.4) is 0 Å². The highest BCUT2D eigenvalue weighted by Crippen LogP contribution is 2.46. The van der Waals surface area contributed by atoms with E-state index in [9.17, 15) is 34.4 Å². The van der Waals surface area contributed by atoms with Gasteiger partial charge in [-0.2, -0.15) is 0 Å². The zero-order valence-electron chi connectivity index (χ0n) is 13.8. The molecule has 3 heterocycles. The predicted molar refractivity (Wildman–Crippen MR) is 84.4 cm³/mol. The normalized spacial score (nSPS) is 31.2. The minimum absolute atomic E-state index is 0.0729. The Kier molecular flexibility index (Phi) is 3.88. The summed E-state index contributed by atoms with van der Waals surface area (Å²) < 4.78 is 5.59. The van der Waals surface area contributed by atoms with E-state index in [0.717, 1.165) is 12.1 Å². The molecule has 1 aromatic rings. The Bertz CT molecular complexity index is 933. The zero-order valence-corrected chi connectivity index (χ0v) is 13.8. The third-order valence-corrected chi connectivity index (χ3v) is 4.87. The van der Waals surface area contributed by atoms with Crippen LogP contribution >= 0.6 is 0 Å². The standard InChI is InChI=1S/C15H12N5O8/c21-10-8(11(22)17-14(24)16-10)7-5-3-4(20(26)27)1-2-6(5)28-13-9(7)12(23)18-15(25)19-13/h1-3,7-10,13H,(H2,16,17,22,24)(H2,18,19,23,25)/q-1. The van der Waals surface area contributed by atoms with Crippen LogP contribution in [0.15, 0.2) is 18.2 Å². The second kappa shape index (κ2) is 6.16. The van der Waals surface area contributed by atoms with Crippen LogP contribution in [-0.4, -0.2) is 41.3 Å². The average Bonchev–Trinajstić information content (AvgIpc) is 2.59. The highest BCUT2D eigenvalue weighted by atomic mass is 16.6. The lowest BCUT2D eigenvalue weighted by molar-refractivity contribution is -0.438. The fourth-order valence-corrected chi connectivity index (χ4v) is 3.75. The Labute approximate surface area is 155 Å². The maximum Gasteiger partial charge on any atom is 0.324 e. The molecule has 13 nitrogen and oxygen atoms in total. The number of urea groups is 2. The zero-order chi connectivity index (χ0) is 20.2. The number of fused-ring (bicyclic) bond motifs is 2. The smallest absolute Gasteiger partial charge is 0.324 e. The van der Waals surface area contributed by atoms with E-state index in [0.29, 0.717) is 0 Å². The van der Waals surface area contributed by atoms with Crippen molar-refractivity contribution in [3.63, 3.8) is 0 Å². The number of nitro groups is 1. The van der Waals surface area contributed by atoms with Crippen molar-refractivity contribution in [2.45, 2.75) is 18.4 Å². The number of rotatable bonds is 2. The van der Waals surface area contributed by atoms with Gasteiger partial charge in [-0.25, -0.2) is 9.59 Å². The molecule has 0 aliphatic carbocycles. The molecule has 5 unspecified atom stereocenters. The van der Waals surface area contributed by atoms with Crippen molar-refractivity contribution in [3.05, 3.63) is 33.9 Å². The van der Waals surface area contributed by atoms with Crippen molar-refractivity contribution >= 4 is 29.6 Å². The molecule has 146 valence electrons. The number of hydrogen-bond donors (Lipinski definition) is 4. The molecular weight excluding hydrogens is 378 g/mol. The van der Waals surface area contributed by atoms with Crippen molar-refractivity contribution in [2.24, 2.45) is 11.8 Å². The minimum atomic E-state index is -1.91. The molecule has 13 heteroatoms. The molecular formula is C15H12N5O8-. The van der Waals surface area contributed by atoms with Gasteiger partial charge >= 0.3 is 12.1 Å². The summed E-state index contributed by atoms with van der Waals surface area (Å²) in [5, 5.41) is 32.0. The largest absolute Gasteiger partial charge is 0.836 e. The molecule has 0 radical (unpaired) electrons. The van der Waals surface area contributed by atoms with Crippen LogP contribution in [0, 0.1) is 22.0 Å². The van der Waals surface area contributed by atoms with Gasteiger partial charge in [-0.1, -0.05) is 0 Å². The maximum absolute atomic E-state index is 12.5. The minimum Gasteiger partial charge on any atom is -0.836 e. The molecule has 1 aromatic carbocycles. The van der Waals surface area contributed by atoms with Crippen LogP contribution in [0.2, 0.25) is 0 Å². The molecule has 2 fully saturated rings. The van der Waals surface area contributed by atoms with Gasteiger partial charge < -0.3 is 20.5 Å². The lowest BCUT2D eigenvalue weighted by Crippen LogP contribution is -2.69. The van der Waals surface area contributed by atoms with Gasteiger partial charge in [0.05, 0.1) is 10.8 Å². The molecule has 6 amide bonds. The van der Waals surface area contributed by atoms with E-state index in [-0.39, 0.29) is 17.0 Å². The monoisotopic (exact) mass is 390 g/mol. The number of carbonyl (C=O) groups excluding carboxylic acids is 4. The molecule has 3 aliphatic rings. The number of nitro benzene ring substituents is 1. The van der Waals surface area contributed by atoms with Crippen LogP contribution in [0.25, 0.3) is 0 Å². The van der Waals surface area contributed by atoms with Crippen molar-refractivity contribution in [1.29, 1.82) is 0 Å². The van der Waals surface area contributed by atoms with Crippen molar-refractivity contribution in [1.82, 2.24) is 21.3 Å². The van der Waals surface area contributed by atoms with Crippen LogP contribution < -0.4 is 31.1 Å². The summed E-state index contributed by atoms with van der Waals surface area (Å²) >= 11 is 0. The Hall–Kier alpha value is -3.74. The first-order valence-corrected chi connectivity index (χ1v) is 8.10. The van der Waals surface area contributed by atoms with Crippen molar-refractivity contribution in [2.75, 3.05) is 0 Å². The lowest BCUT2D eigenvalue weighted by atomic mass is 9.71. The van der Waals surface area contributed by atoms with E-state index >= 15 is 0 Å². The van der Waals surface area contributed by atoms with Gasteiger partial charge in [0.25, 0.3) is 5.69 Å². The number of imide groups is 2. The molecule has 0 saturated carbocycles. The summed E-state index contributed by atoms with van der Waals surface area (Å²) in [6.45, 7) is 0. The summed E-state index contributed by atoms with van der Waals surface area (Å²) in [4.78, 5) is 58.4. The van der Waals surface area contributed by atoms with E-state index < -0.39 is 59.0 Å². The van der Waals surface area contributed by atoms with Crippen molar-refractivity contribution in [3.8, 4) is 5.75 Å². The molecule has 0 bridgehead atoms. The van der Waals surface area contributed by atoms with Gasteiger partial charge in [0.15, 0.2) is 6.23 Å². The van der Waals surface area contributed by atoms with Gasteiger partial charge in [0, 0.05) is 23.6 Å². The summed E-state index contributed by atoms with van der Waals surface area (Å²) in [5.41, 5.74) is -0.257. The lowest BCUT2D eigenvalue weighted by Gasteiger charge is -2.47. The first-order valence-electron chi connectivity index (χ1n) is 8.10. The third-order valence-electron chi connectivity index (χ3n) is 4.87. The predicted octanol–water partition coefficient (Wildman–Crippen LogP) is -2.01. The van der Waals surface area contributed by atoms with Crippen LogP contribution in [0.1, 0.15) is 11.5 Å². The van der Waals surface area contributed by atoms with E-state index in [1.807, 2.05) is 16.0 Å². The quantitative estimate of drug-likeness (QED) is 0.329. The number of amides is 6. The second-order valence-corrected chi connectivity index (χ2v) is 6.44. The Morgan fingerprint density at radius 2 is 1.57 bits per heavy atom. The number of ether oxygens (including phenoxy) is 1. The molecule has 0 aromatic heterocycles. The maximum atomic E-state index is 12.5. The summed E-state index contributed by atoms with van der Waals surface area (Å²) in [5.74, 6) is -5.57. The van der Waals surface area contributed by atoms with Gasteiger partial charge in [-0.3, -0.25) is 30.3 Å². The first kappa shape index (κ1) is 17.7. The Morgan fingerprint density at radius 3 is 2.21 bits per heavy atom. The number of benzene rings is 1. The van der Waals surface area contributed by atoms with Gasteiger partial charge in [-0.15, -0.1) is 0 Å². The molecule has 2 saturated heterocycles.